The largest absolute Gasteiger partial charge is 0.496 e. The van der Waals surface area contributed by atoms with E-state index in [1.54, 1.807) is 16.9 Å². The lowest BCUT2D eigenvalue weighted by Crippen LogP contribution is -2.32. The maximum atomic E-state index is 13.4. The number of ether oxygens (including phenoxy) is 1. The Balaban J connectivity index is 1.41. The fraction of sp³-hybridized carbons (Fsp3) is 0.346. The van der Waals surface area contributed by atoms with Gasteiger partial charge in [-0.3, -0.25) is 14.5 Å². The Bertz CT molecular complexity index is 1420. The van der Waals surface area contributed by atoms with Crippen LogP contribution in [-0.2, 0) is 26.6 Å². The number of imidazole rings is 1. The first kappa shape index (κ1) is 22.9. The van der Waals surface area contributed by atoms with Crippen molar-refractivity contribution in [3.63, 3.8) is 0 Å². The standard InChI is InChI=1S/C26H29N5O4/c1-17(21-9-6-14-35-21)27-26(33)25-20-10-11-30(12-13-31(20)24(32)15-22(25)34-3)16-23-28-18-7-4-5-8-19(18)29(23)2/h4-9,14-15,17H,10-13,16H2,1-3H3,(H,27,33)/t17-/m0/s1. The first-order valence-corrected chi connectivity index (χ1v) is 11.7. The molecule has 0 bridgehead atoms. The fourth-order valence-electron chi connectivity index (χ4n) is 4.77. The van der Waals surface area contributed by atoms with Crippen molar-refractivity contribution < 1.29 is 13.9 Å². The number of furan rings is 1. The smallest absolute Gasteiger partial charge is 0.257 e. The summed E-state index contributed by atoms with van der Waals surface area (Å²) < 4.78 is 14.7. The van der Waals surface area contributed by atoms with Gasteiger partial charge < -0.3 is 23.6 Å². The molecule has 1 aromatic carbocycles. The van der Waals surface area contributed by atoms with Gasteiger partial charge in [-0.1, -0.05) is 12.1 Å². The molecule has 0 aliphatic carbocycles. The molecule has 9 heteroatoms. The van der Waals surface area contributed by atoms with Gasteiger partial charge in [-0.25, -0.2) is 4.98 Å². The van der Waals surface area contributed by atoms with Gasteiger partial charge in [0, 0.05) is 44.9 Å². The zero-order valence-electron chi connectivity index (χ0n) is 20.2. The fourth-order valence-corrected chi connectivity index (χ4v) is 4.77. The molecule has 1 amide bonds. The summed E-state index contributed by atoms with van der Waals surface area (Å²) in [6.45, 7) is 4.35. The van der Waals surface area contributed by atoms with Crippen molar-refractivity contribution >= 4 is 16.9 Å². The summed E-state index contributed by atoms with van der Waals surface area (Å²) in [7, 11) is 3.50. The van der Waals surface area contributed by atoms with Crippen LogP contribution >= 0.6 is 0 Å². The highest BCUT2D eigenvalue weighted by molar-refractivity contribution is 5.98. The quantitative estimate of drug-likeness (QED) is 0.461. The number of aromatic nitrogens is 3. The van der Waals surface area contributed by atoms with Crippen molar-refractivity contribution in [2.75, 3.05) is 20.2 Å². The molecule has 0 radical (unpaired) electrons. The van der Waals surface area contributed by atoms with Crippen molar-refractivity contribution in [2.24, 2.45) is 7.05 Å². The number of nitrogens with one attached hydrogen (secondary N) is 1. The number of methoxy groups -OCH3 is 1. The summed E-state index contributed by atoms with van der Waals surface area (Å²) in [5.41, 5.74) is 2.97. The van der Waals surface area contributed by atoms with E-state index in [2.05, 4.69) is 20.9 Å². The Labute approximate surface area is 202 Å². The van der Waals surface area contributed by atoms with E-state index < -0.39 is 0 Å². The van der Waals surface area contributed by atoms with E-state index in [1.165, 1.54) is 13.2 Å². The van der Waals surface area contributed by atoms with Crippen LogP contribution in [0.2, 0.25) is 0 Å². The molecular formula is C26H29N5O4. The number of hydrogen-bond acceptors (Lipinski definition) is 6. The SMILES string of the molecule is COc1cc(=O)n2c(c1C(=O)N[C@@H](C)c1ccco1)CCN(Cc1nc3ccccc3n1C)CC2. The second-order valence-electron chi connectivity index (χ2n) is 8.84. The zero-order valence-corrected chi connectivity index (χ0v) is 20.2. The van der Waals surface area contributed by atoms with Gasteiger partial charge in [-0.15, -0.1) is 0 Å². The maximum Gasteiger partial charge on any atom is 0.257 e. The second-order valence-corrected chi connectivity index (χ2v) is 8.84. The summed E-state index contributed by atoms with van der Waals surface area (Å²) in [6.07, 6.45) is 2.11. The van der Waals surface area contributed by atoms with E-state index in [-0.39, 0.29) is 23.3 Å². The predicted octanol–water partition coefficient (Wildman–Crippen LogP) is 2.89. The zero-order chi connectivity index (χ0) is 24.5. The highest BCUT2D eigenvalue weighted by atomic mass is 16.5. The van der Waals surface area contributed by atoms with Gasteiger partial charge in [-0.05, 0) is 31.2 Å². The van der Waals surface area contributed by atoms with Crippen LogP contribution in [0, 0.1) is 0 Å². The molecule has 182 valence electrons. The number of para-hydroxylation sites is 2. The number of benzene rings is 1. The summed E-state index contributed by atoms with van der Waals surface area (Å²) in [4.78, 5) is 33.3. The Kier molecular flexibility index (Phi) is 6.17. The summed E-state index contributed by atoms with van der Waals surface area (Å²) in [6, 6.07) is 12.7. The summed E-state index contributed by atoms with van der Waals surface area (Å²) in [5, 5.41) is 2.98. The molecule has 9 nitrogen and oxygen atoms in total. The summed E-state index contributed by atoms with van der Waals surface area (Å²) >= 11 is 0. The van der Waals surface area contributed by atoms with E-state index in [0.29, 0.717) is 49.6 Å². The van der Waals surface area contributed by atoms with Crippen LogP contribution < -0.4 is 15.6 Å². The molecule has 35 heavy (non-hydrogen) atoms. The van der Waals surface area contributed by atoms with E-state index >= 15 is 0 Å². The van der Waals surface area contributed by atoms with Crippen LogP contribution in [-0.4, -0.2) is 45.1 Å². The van der Waals surface area contributed by atoms with E-state index in [4.69, 9.17) is 14.1 Å². The van der Waals surface area contributed by atoms with Gasteiger partial charge in [0.25, 0.3) is 11.5 Å². The van der Waals surface area contributed by atoms with Crippen LogP contribution in [0.25, 0.3) is 11.0 Å². The minimum absolute atomic E-state index is 0.169. The van der Waals surface area contributed by atoms with Gasteiger partial charge in [0.05, 0.1) is 37.0 Å². The van der Waals surface area contributed by atoms with E-state index in [1.807, 2.05) is 38.2 Å². The van der Waals surface area contributed by atoms with E-state index in [0.717, 1.165) is 16.9 Å². The first-order chi connectivity index (χ1) is 17.0. The molecule has 4 heterocycles. The Morgan fingerprint density at radius 3 is 2.77 bits per heavy atom. The highest BCUT2D eigenvalue weighted by Gasteiger charge is 2.27. The first-order valence-electron chi connectivity index (χ1n) is 11.7. The number of pyridine rings is 1. The van der Waals surface area contributed by atoms with Gasteiger partial charge in [0.15, 0.2) is 0 Å². The number of fused-ring (bicyclic) bond motifs is 2. The van der Waals surface area contributed by atoms with Crippen LogP contribution in [0.3, 0.4) is 0 Å². The lowest BCUT2D eigenvalue weighted by atomic mass is 10.1. The molecule has 0 saturated carbocycles. The third kappa shape index (κ3) is 4.35. The molecule has 3 aromatic heterocycles. The van der Waals surface area contributed by atoms with Crippen molar-refractivity contribution in [1.29, 1.82) is 0 Å². The second kappa shape index (κ2) is 9.42. The molecule has 0 saturated heterocycles. The predicted molar refractivity (Wildman–Crippen MR) is 132 cm³/mol. The molecule has 1 atom stereocenters. The Morgan fingerprint density at radius 1 is 1.20 bits per heavy atom. The number of carbonyl (C=O) groups excluding carboxylic acids is 1. The normalized spacial score (nSPS) is 14.9. The number of nitrogens with zero attached hydrogens (tertiary/aromatic N) is 4. The molecular weight excluding hydrogens is 446 g/mol. The van der Waals surface area contributed by atoms with Crippen molar-refractivity contribution in [1.82, 2.24) is 24.3 Å². The Morgan fingerprint density at radius 2 is 2.03 bits per heavy atom. The molecule has 5 rings (SSSR count). The van der Waals surface area contributed by atoms with Crippen LogP contribution in [0.15, 0.2) is 57.9 Å². The number of amides is 1. The van der Waals surface area contributed by atoms with Gasteiger partial charge in [0.1, 0.15) is 22.9 Å². The number of hydrogen-bond donors (Lipinski definition) is 1. The molecule has 1 N–H and O–H groups in total. The maximum absolute atomic E-state index is 13.4. The molecule has 1 aliphatic rings. The van der Waals surface area contributed by atoms with Crippen molar-refractivity contribution in [3.8, 4) is 5.75 Å². The monoisotopic (exact) mass is 475 g/mol. The topological polar surface area (TPSA) is 94.5 Å². The van der Waals surface area contributed by atoms with Crippen LogP contribution in [0.1, 0.15) is 40.6 Å². The van der Waals surface area contributed by atoms with Crippen LogP contribution in [0.5, 0.6) is 5.75 Å². The third-order valence-electron chi connectivity index (χ3n) is 6.70. The Hall–Kier alpha value is -3.85. The highest BCUT2D eigenvalue weighted by Crippen LogP contribution is 2.25. The molecule has 0 fully saturated rings. The minimum Gasteiger partial charge on any atom is -0.496 e. The van der Waals surface area contributed by atoms with Gasteiger partial charge >= 0.3 is 0 Å². The van der Waals surface area contributed by atoms with Crippen molar-refractivity contribution in [3.05, 3.63) is 81.9 Å². The minimum atomic E-state index is -0.324. The average Bonchev–Trinajstić information content (AvgIpc) is 3.44. The van der Waals surface area contributed by atoms with Crippen LogP contribution in [0.4, 0.5) is 0 Å². The molecule has 0 unspecified atom stereocenters. The lowest BCUT2D eigenvalue weighted by molar-refractivity contribution is 0.0930. The molecule has 1 aliphatic heterocycles. The van der Waals surface area contributed by atoms with Gasteiger partial charge in [-0.2, -0.15) is 0 Å². The lowest BCUT2D eigenvalue weighted by Gasteiger charge is -2.19. The number of aryl methyl sites for hydroxylation is 1. The summed E-state index contributed by atoms with van der Waals surface area (Å²) in [5.74, 6) is 1.62. The third-order valence-corrected chi connectivity index (χ3v) is 6.70. The average molecular weight is 476 g/mol. The molecule has 0 spiro atoms. The number of rotatable bonds is 6. The molecule has 4 aromatic rings. The van der Waals surface area contributed by atoms with E-state index in [9.17, 15) is 9.59 Å². The van der Waals surface area contributed by atoms with Crippen molar-refractivity contribution in [2.45, 2.75) is 32.5 Å². The van der Waals surface area contributed by atoms with Gasteiger partial charge in [0.2, 0.25) is 0 Å². The number of carbonyl (C=O) groups is 1.